The number of aromatic nitrogens is 3. The van der Waals surface area contributed by atoms with Gasteiger partial charge in [-0.25, -0.2) is 0 Å². The Morgan fingerprint density at radius 2 is 1.60 bits per heavy atom. The first-order valence-electron chi connectivity index (χ1n) is 13.2. The van der Waals surface area contributed by atoms with E-state index in [2.05, 4.69) is 30.5 Å². The zero-order valence-electron chi connectivity index (χ0n) is 24.2. The summed E-state index contributed by atoms with van der Waals surface area (Å²) in [6.45, 7) is 0. The third-order valence-electron chi connectivity index (χ3n) is 6.60. The zero-order chi connectivity index (χ0) is 35.0. The van der Waals surface area contributed by atoms with Gasteiger partial charge in [0.25, 0.3) is 30.4 Å². The summed E-state index contributed by atoms with van der Waals surface area (Å²) in [5.41, 5.74) is -1.04. The van der Waals surface area contributed by atoms with Gasteiger partial charge < -0.3 is 15.3 Å². The van der Waals surface area contributed by atoms with Gasteiger partial charge in [0.2, 0.25) is 17.2 Å². The van der Waals surface area contributed by atoms with Crippen molar-refractivity contribution in [3.8, 4) is 5.75 Å². The molecule has 3 aromatic carbocycles. The Hall–Kier alpha value is -4.83. The SMILES string of the molecule is CN(c1ccccc1)c1nc(Cl)nc(Nc2cc(S(=O)(=O)O)cc3cc(S(=O)(=O)O)c(N=NC4=CC=CCC=C4S(=O)(=O)O)c(O)c23)n1. The van der Waals surface area contributed by atoms with E-state index >= 15 is 0 Å². The fourth-order valence-corrected chi connectivity index (χ4v) is 6.49. The fraction of sp³-hybridized carbons (Fsp3) is 0.0741. The topological polar surface area (TPSA) is 262 Å². The van der Waals surface area contributed by atoms with Crippen molar-refractivity contribution in [1.29, 1.82) is 0 Å². The van der Waals surface area contributed by atoms with E-state index in [-0.39, 0.29) is 40.1 Å². The molecule has 5 N–H and O–H groups in total. The highest BCUT2D eigenvalue weighted by atomic mass is 35.5. The van der Waals surface area contributed by atoms with E-state index in [1.54, 1.807) is 42.3 Å². The highest BCUT2D eigenvalue weighted by molar-refractivity contribution is 7.90. The van der Waals surface area contributed by atoms with Crippen LogP contribution in [0.1, 0.15) is 6.42 Å². The van der Waals surface area contributed by atoms with Crippen LogP contribution in [0.5, 0.6) is 5.75 Å². The van der Waals surface area contributed by atoms with E-state index in [1.165, 1.54) is 12.2 Å². The van der Waals surface area contributed by atoms with E-state index in [0.29, 0.717) is 5.69 Å². The lowest BCUT2D eigenvalue weighted by Crippen LogP contribution is -2.15. The predicted octanol–water partition coefficient (Wildman–Crippen LogP) is 5.09. The molecule has 250 valence electrons. The maximum absolute atomic E-state index is 12.4. The lowest BCUT2D eigenvalue weighted by atomic mass is 10.1. The minimum absolute atomic E-state index is 0.0275. The molecule has 1 heterocycles. The summed E-state index contributed by atoms with van der Waals surface area (Å²) >= 11 is 6.16. The first kappa shape index (κ1) is 34.5. The van der Waals surface area contributed by atoms with Gasteiger partial charge in [-0.1, -0.05) is 36.4 Å². The van der Waals surface area contributed by atoms with Crippen LogP contribution in [0.4, 0.5) is 29.0 Å². The van der Waals surface area contributed by atoms with Gasteiger partial charge in [0.05, 0.1) is 10.6 Å². The molecule has 0 amide bonds. The second-order valence-electron chi connectivity index (χ2n) is 9.80. The summed E-state index contributed by atoms with van der Waals surface area (Å²) in [4.78, 5) is 11.4. The number of azo groups is 1. The summed E-state index contributed by atoms with van der Waals surface area (Å²) in [7, 11) is -13.4. The lowest BCUT2D eigenvalue weighted by molar-refractivity contribution is 0.472. The first-order chi connectivity index (χ1) is 22.4. The van der Waals surface area contributed by atoms with Gasteiger partial charge >= 0.3 is 0 Å². The second kappa shape index (κ2) is 13.0. The van der Waals surface area contributed by atoms with Gasteiger partial charge in [0.1, 0.15) is 21.2 Å². The van der Waals surface area contributed by atoms with Gasteiger partial charge in [-0.2, -0.15) is 40.2 Å². The minimum Gasteiger partial charge on any atom is -0.505 e. The van der Waals surface area contributed by atoms with Crippen molar-refractivity contribution in [2.75, 3.05) is 17.3 Å². The van der Waals surface area contributed by atoms with Crippen LogP contribution in [0.3, 0.4) is 0 Å². The molecule has 1 aliphatic carbocycles. The minimum atomic E-state index is -5.23. The van der Waals surface area contributed by atoms with E-state index in [4.69, 9.17) is 11.6 Å². The fourth-order valence-electron chi connectivity index (χ4n) is 4.46. The number of aromatic hydroxyl groups is 1. The number of fused-ring (bicyclic) bond motifs is 1. The van der Waals surface area contributed by atoms with Crippen molar-refractivity contribution < 1.29 is 44.0 Å². The maximum atomic E-state index is 12.4. The molecule has 0 aliphatic heterocycles. The van der Waals surface area contributed by atoms with Crippen LogP contribution in [0.15, 0.2) is 103 Å². The number of rotatable bonds is 9. The number of phenols is 1. The third-order valence-corrected chi connectivity index (χ3v) is 9.40. The van der Waals surface area contributed by atoms with Crippen LogP contribution in [0.25, 0.3) is 10.8 Å². The molecule has 0 radical (unpaired) electrons. The van der Waals surface area contributed by atoms with Crippen molar-refractivity contribution >= 4 is 81.7 Å². The van der Waals surface area contributed by atoms with Gasteiger partial charge in [-0.05, 0) is 59.8 Å². The Labute approximate surface area is 277 Å². The molecule has 4 aromatic rings. The molecule has 0 spiro atoms. The van der Waals surface area contributed by atoms with Crippen molar-refractivity contribution in [2.24, 2.45) is 10.2 Å². The van der Waals surface area contributed by atoms with Crippen molar-refractivity contribution in [2.45, 2.75) is 16.2 Å². The van der Waals surface area contributed by atoms with Crippen LogP contribution in [0, 0.1) is 0 Å². The van der Waals surface area contributed by atoms with Crippen LogP contribution < -0.4 is 10.2 Å². The van der Waals surface area contributed by atoms with E-state index in [0.717, 1.165) is 30.4 Å². The lowest BCUT2D eigenvalue weighted by Gasteiger charge is -2.18. The molecule has 1 aliphatic rings. The summed E-state index contributed by atoms with van der Waals surface area (Å²) < 4.78 is 103. The molecule has 0 unspecified atom stereocenters. The van der Waals surface area contributed by atoms with Crippen molar-refractivity contribution in [3.05, 3.63) is 88.7 Å². The molecule has 0 saturated carbocycles. The Kier molecular flexibility index (Phi) is 9.34. The average Bonchev–Trinajstić information content (AvgIpc) is 3.25. The molecule has 0 atom stereocenters. The van der Waals surface area contributed by atoms with E-state index in [9.17, 15) is 44.0 Å². The summed E-state index contributed by atoms with van der Waals surface area (Å²) in [6, 6.07) is 11.2. The normalized spacial score (nSPS) is 14.1. The summed E-state index contributed by atoms with van der Waals surface area (Å²) in [6.07, 6.45) is 5.23. The Bertz CT molecular complexity index is 2420. The van der Waals surface area contributed by atoms with Crippen LogP contribution in [-0.2, 0) is 30.4 Å². The van der Waals surface area contributed by atoms with Crippen LogP contribution in [-0.4, -0.2) is 66.0 Å². The second-order valence-corrected chi connectivity index (χ2v) is 14.3. The number of anilines is 4. The Morgan fingerprint density at radius 3 is 2.25 bits per heavy atom. The van der Waals surface area contributed by atoms with Crippen LogP contribution in [0.2, 0.25) is 5.28 Å². The number of phenolic OH excluding ortho intramolecular Hbond substituents is 1. The predicted molar refractivity (Wildman–Crippen MR) is 174 cm³/mol. The average molecular weight is 736 g/mol. The van der Waals surface area contributed by atoms with E-state index in [1.807, 2.05) is 0 Å². The largest absolute Gasteiger partial charge is 0.505 e. The monoisotopic (exact) mass is 735 g/mol. The maximum Gasteiger partial charge on any atom is 0.296 e. The van der Waals surface area contributed by atoms with E-state index < -0.39 is 62.2 Å². The number of nitrogens with one attached hydrogen (secondary N) is 1. The number of allylic oxidation sites excluding steroid dienone is 4. The number of nitrogens with zero attached hydrogens (tertiary/aromatic N) is 6. The molecule has 0 fully saturated rings. The molecule has 17 nitrogen and oxygen atoms in total. The molecule has 48 heavy (non-hydrogen) atoms. The smallest absolute Gasteiger partial charge is 0.296 e. The van der Waals surface area contributed by atoms with Gasteiger partial charge in [0, 0.05) is 18.1 Å². The molecule has 0 saturated heterocycles. The quantitative estimate of drug-likeness (QED) is 0.111. The first-order valence-corrected chi connectivity index (χ1v) is 17.9. The standard InChI is InChI=1S/C27H22ClN7O10S3/c1-35(16-8-4-2-5-9-16)27-31-25(28)30-26(32-27)29-19-14-17(46(37,38)39)12-15-13-21(48(43,44)45)23(24(36)22(15)19)34-33-18-10-6-3-7-11-20(18)47(40,41)42/h2-6,8-14,36H,7H2,1H3,(H,37,38,39)(H,40,41,42)(H,43,44,45)(H,29,30,31,32). The Balaban J connectivity index is 1.73. The van der Waals surface area contributed by atoms with Crippen LogP contribution >= 0.6 is 11.6 Å². The molecule has 21 heteroatoms. The third kappa shape index (κ3) is 7.49. The molecule has 0 bridgehead atoms. The molecular weight excluding hydrogens is 714 g/mol. The van der Waals surface area contributed by atoms with Crippen molar-refractivity contribution in [1.82, 2.24) is 15.0 Å². The number of halogens is 1. The van der Waals surface area contributed by atoms with Gasteiger partial charge in [-0.15, -0.1) is 10.2 Å². The zero-order valence-corrected chi connectivity index (χ0v) is 27.4. The number of benzene rings is 3. The molecule has 5 rings (SSSR count). The molecule has 1 aromatic heterocycles. The number of hydrogen-bond donors (Lipinski definition) is 5. The summed E-state index contributed by atoms with van der Waals surface area (Å²) in [5, 5.41) is 20.5. The highest BCUT2D eigenvalue weighted by Crippen LogP contribution is 2.45. The number of hydrogen-bond acceptors (Lipinski definition) is 14. The van der Waals surface area contributed by atoms with Gasteiger partial charge in [-0.3, -0.25) is 13.7 Å². The Morgan fingerprint density at radius 1 is 0.896 bits per heavy atom. The number of para-hydroxylation sites is 1. The van der Waals surface area contributed by atoms with Crippen molar-refractivity contribution in [3.63, 3.8) is 0 Å². The highest BCUT2D eigenvalue weighted by Gasteiger charge is 2.27. The summed E-state index contributed by atoms with van der Waals surface area (Å²) in [5.74, 6) is -1.27. The van der Waals surface area contributed by atoms with Gasteiger partial charge in [0.15, 0.2) is 5.75 Å². The molecular formula is C27H22ClN7O10S3.